The molecule has 1 aromatic carbocycles. The highest BCUT2D eigenvalue weighted by Crippen LogP contribution is 2.17. The van der Waals surface area contributed by atoms with Gasteiger partial charge in [0.15, 0.2) is 0 Å². The van der Waals surface area contributed by atoms with Crippen LogP contribution >= 0.6 is 0 Å². The average Bonchev–Trinajstić information content (AvgIpc) is 2.90. The molecule has 0 N–H and O–H groups in total. The minimum Gasteiger partial charge on any atom is -0.495 e. The highest BCUT2D eigenvalue weighted by atomic mass is 19.1. The topological polar surface area (TPSA) is 45.7 Å². The van der Waals surface area contributed by atoms with E-state index in [0.29, 0.717) is 18.0 Å². The normalized spacial score (nSPS) is 15.5. The van der Waals surface area contributed by atoms with Crippen LogP contribution in [0.1, 0.15) is 17.7 Å². The number of aromatic nitrogens is 1. The molecule has 1 aliphatic rings. The Kier molecular flexibility index (Phi) is 6.17. The molecular weight excluding hydrogens is 333 g/mol. The Bertz CT molecular complexity index is 736. The molecule has 3 rings (SSSR count). The third kappa shape index (κ3) is 4.79. The predicted octanol–water partition coefficient (Wildman–Crippen LogP) is 2.51. The molecule has 138 valence electrons. The molecule has 5 nitrogen and oxygen atoms in total. The number of nitrogens with zero attached hydrogens (tertiary/aromatic N) is 3. The minimum absolute atomic E-state index is 0.0747. The van der Waals surface area contributed by atoms with Crippen molar-refractivity contribution in [3.63, 3.8) is 0 Å². The number of hydrogen-bond acceptors (Lipinski definition) is 4. The van der Waals surface area contributed by atoms with Gasteiger partial charge in [-0.25, -0.2) is 4.39 Å². The van der Waals surface area contributed by atoms with Gasteiger partial charge in [0.2, 0.25) is 5.91 Å². The number of hydrogen-bond donors (Lipinski definition) is 0. The second kappa shape index (κ2) is 8.76. The van der Waals surface area contributed by atoms with Crippen LogP contribution in [0, 0.1) is 5.82 Å². The van der Waals surface area contributed by atoms with Gasteiger partial charge in [0.1, 0.15) is 11.6 Å². The van der Waals surface area contributed by atoms with E-state index < -0.39 is 0 Å². The molecule has 0 bridgehead atoms. The van der Waals surface area contributed by atoms with Crippen molar-refractivity contribution in [3.8, 4) is 5.75 Å². The van der Waals surface area contributed by atoms with Crippen LogP contribution in [0.3, 0.4) is 0 Å². The van der Waals surface area contributed by atoms with Crippen LogP contribution in [0.4, 0.5) is 4.39 Å². The van der Waals surface area contributed by atoms with Crippen molar-refractivity contribution < 1.29 is 13.9 Å². The fourth-order valence-electron chi connectivity index (χ4n) is 3.22. The summed E-state index contributed by atoms with van der Waals surface area (Å²) in [6, 6.07) is 10.2. The Balaban J connectivity index is 1.56. The molecule has 26 heavy (non-hydrogen) atoms. The van der Waals surface area contributed by atoms with E-state index in [1.165, 1.54) is 12.1 Å². The van der Waals surface area contributed by atoms with E-state index in [4.69, 9.17) is 4.74 Å². The van der Waals surface area contributed by atoms with Crippen LogP contribution in [-0.4, -0.2) is 54.0 Å². The van der Waals surface area contributed by atoms with Crippen molar-refractivity contribution in [2.45, 2.75) is 19.4 Å². The standard InChI is InChI=1S/C20H24FN3O2/c1-26-19-4-2-9-22-18(19)14-20(25)24-11-3-10-23(12-13-24)15-16-5-7-17(21)8-6-16/h2,4-9H,3,10-15H2,1H3. The number of pyridine rings is 1. The first kappa shape index (κ1) is 18.3. The smallest absolute Gasteiger partial charge is 0.228 e. The highest BCUT2D eigenvalue weighted by molar-refractivity contribution is 5.79. The second-order valence-electron chi connectivity index (χ2n) is 6.47. The van der Waals surface area contributed by atoms with Crippen LogP contribution in [0.2, 0.25) is 0 Å². The number of ether oxygens (including phenoxy) is 1. The summed E-state index contributed by atoms with van der Waals surface area (Å²) in [6.45, 7) is 3.94. The van der Waals surface area contributed by atoms with Gasteiger partial charge in [0, 0.05) is 38.9 Å². The lowest BCUT2D eigenvalue weighted by atomic mass is 10.2. The lowest BCUT2D eigenvalue weighted by Crippen LogP contribution is -2.36. The van der Waals surface area contributed by atoms with E-state index in [1.54, 1.807) is 19.4 Å². The first-order valence-corrected chi connectivity index (χ1v) is 8.88. The maximum atomic E-state index is 13.0. The fraction of sp³-hybridized carbons (Fsp3) is 0.400. The zero-order chi connectivity index (χ0) is 18.4. The SMILES string of the molecule is COc1cccnc1CC(=O)N1CCCN(Cc2ccc(F)cc2)CC1. The van der Waals surface area contributed by atoms with E-state index in [0.717, 1.165) is 38.2 Å². The molecule has 1 fully saturated rings. The van der Waals surface area contributed by atoms with Gasteiger partial charge in [-0.15, -0.1) is 0 Å². The number of halogens is 1. The summed E-state index contributed by atoms with van der Waals surface area (Å²) in [4.78, 5) is 21.1. The monoisotopic (exact) mass is 357 g/mol. The molecule has 0 spiro atoms. The number of rotatable bonds is 5. The number of amides is 1. The number of carbonyl (C=O) groups is 1. The molecule has 0 radical (unpaired) electrons. The minimum atomic E-state index is -0.216. The highest BCUT2D eigenvalue weighted by Gasteiger charge is 2.21. The van der Waals surface area contributed by atoms with Crippen molar-refractivity contribution in [1.29, 1.82) is 0 Å². The van der Waals surface area contributed by atoms with Gasteiger partial charge in [-0.05, 0) is 36.2 Å². The Morgan fingerprint density at radius 1 is 1.15 bits per heavy atom. The molecular formula is C20H24FN3O2. The van der Waals surface area contributed by atoms with Crippen molar-refractivity contribution in [1.82, 2.24) is 14.8 Å². The summed E-state index contributed by atoms with van der Waals surface area (Å²) in [7, 11) is 1.59. The Morgan fingerprint density at radius 2 is 1.96 bits per heavy atom. The van der Waals surface area contributed by atoms with E-state index in [1.807, 2.05) is 23.1 Å². The van der Waals surface area contributed by atoms with Gasteiger partial charge >= 0.3 is 0 Å². The van der Waals surface area contributed by atoms with Gasteiger partial charge in [-0.1, -0.05) is 12.1 Å². The average molecular weight is 357 g/mol. The maximum Gasteiger partial charge on any atom is 0.228 e. The van der Waals surface area contributed by atoms with E-state index in [9.17, 15) is 9.18 Å². The summed E-state index contributed by atoms with van der Waals surface area (Å²) in [5.41, 5.74) is 1.76. The number of methoxy groups -OCH3 is 1. The lowest BCUT2D eigenvalue weighted by molar-refractivity contribution is -0.130. The van der Waals surface area contributed by atoms with Crippen molar-refractivity contribution in [3.05, 3.63) is 59.7 Å². The largest absolute Gasteiger partial charge is 0.495 e. The van der Waals surface area contributed by atoms with E-state index in [2.05, 4.69) is 9.88 Å². The quantitative estimate of drug-likeness (QED) is 0.825. The van der Waals surface area contributed by atoms with Crippen LogP contribution in [0.5, 0.6) is 5.75 Å². The number of carbonyl (C=O) groups excluding carboxylic acids is 1. The van der Waals surface area contributed by atoms with E-state index in [-0.39, 0.29) is 18.1 Å². The molecule has 1 saturated heterocycles. The van der Waals surface area contributed by atoms with Gasteiger partial charge in [0.05, 0.1) is 19.2 Å². The van der Waals surface area contributed by atoms with E-state index >= 15 is 0 Å². The van der Waals surface area contributed by atoms with Gasteiger partial charge in [-0.2, -0.15) is 0 Å². The zero-order valence-electron chi connectivity index (χ0n) is 15.0. The third-order valence-electron chi connectivity index (χ3n) is 4.65. The summed E-state index contributed by atoms with van der Waals surface area (Å²) in [5, 5.41) is 0. The van der Waals surface area contributed by atoms with Crippen LogP contribution in [-0.2, 0) is 17.8 Å². The van der Waals surface area contributed by atoms with Gasteiger partial charge in [-0.3, -0.25) is 14.7 Å². The summed E-state index contributed by atoms with van der Waals surface area (Å²) >= 11 is 0. The molecule has 2 heterocycles. The zero-order valence-corrected chi connectivity index (χ0v) is 15.0. The Labute approximate surface area is 153 Å². The summed E-state index contributed by atoms with van der Waals surface area (Å²) in [5.74, 6) is 0.505. The molecule has 0 unspecified atom stereocenters. The molecule has 2 aromatic rings. The van der Waals surface area contributed by atoms with Crippen molar-refractivity contribution >= 4 is 5.91 Å². The van der Waals surface area contributed by atoms with Crippen LogP contribution in [0.25, 0.3) is 0 Å². The Hall–Kier alpha value is -2.47. The molecule has 6 heteroatoms. The van der Waals surface area contributed by atoms with Crippen molar-refractivity contribution in [2.75, 3.05) is 33.3 Å². The van der Waals surface area contributed by atoms with Gasteiger partial charge in [0.25, 0.3) is 0 Å². The van der Waals surface area contributed by atoms with Crippen LogP contribution in [0.15, 0.2) is 42.6 Å². The van der Waals surface area contributed by atoms with Crippen molar-refractivity contribution in [2.24, 2.45) is 0 Å². The second-order valence-corrected chi connectivity index (χ2v) is 6.47. The Morgan fingerprint density at radius 3 is 2.73 bits per heavy atom. The molecule has 0 atom stereocenters. The fourth-order valence-corrected chi connectivity index (χ4v) is 3.22. The predicted molar refractivity (Wildman–Crippen MR) is 97.4 cm³/mol. The molecule has 1 aromatic heterocycles. The first-order chi connectivity index (χ1) is 12.7. The first-order valence-electron chi connectivity index (χ1n) is 8.88. The van der Waals surface area contributed by atoms with Gasteiger partial charge < -0.3 is 9.64 Å². The number of benzene rings is 1. The molecule has 1 aliphatic heterocycles. The molecule has 1 amide bonds. The maximum absolute atomic E-state index is 13.0. The third-order valence-corrected chi connectivity index (χ3v) is 4.65. The lowest BCUT2D eigenvalue weighted by Gasteiger charge is -2.22. The summed E-state index contributed by atoms with van der Waals surface area (Å²) < 4.78 is 18.3. The molecule has 0 saturated carbocycles. The summed E-state index contributed by atoms with van der Waals surface area (Å²) in [6.07, 6.45) is 2.85. The molecule has 0 aliphatic carbocycles. The van der Waals surface area contributed by atoms with Crippen LogP contribution < -0.4 is 4.74 Å².